The first kappa shape index (κ1) is 17.4. The second-order valence-electron chi connectivity index (χ2n) is 6.56. The van der Waals surface area contributed by atoms with Crippen LogP contribution in [0, 0.1) is 5.82 Å². The Kier molecular flexibility index (Phi) is 4.25. The molecule has 27 heavy (non-hydrogen) atoms. The summed E-state index contributed by atoms with van der Waals surface area (Å²) in [5, 5.41) is 0. The van der Waals surface area contributed by atoms with E-state index in [2.05, 4.69) is 15.0 Å². The molecule has 2 aromatic heterocycles. The Morgan fingerprint density at radius 2 is 1.81 bits per heavy atom. The zero-order valence-corrected chi connectivity index (χ0v) is 15.1. The van der Waals surface area contributed by atoms with Crippen molar-refractivity contribution in [1.29, 1.82) is 0 Å². The van der Waals surface area contributed by atoms with Crippen LogP contribution in [-0.4, -0.2) is 25.8 Å². The summed E-state index contributed by atoms with van der Waals surface area (Å²) in [6.45, 7) is 1.93. The number of anilines is 2. The fourth-order valence-electron chi connectivity index (χ4n) is 3.47. The summed E-state index contributed by atoms with van der Waals surface area (Å²) in [6, 6.07) is 7.49. The summed E-state index contributed by atoms with van der Waals surface area (Å²) < 4.78 is 15.1. The first-order valence-corrected chi connectivity index (χ1v) is 8.59. The maximum absolute atomic E-state index is 13.2. The number of imidazole rings is 1. The Hall–Kier alpha value is -3.04. The van der Waals surface area contributed by atoms with E-state index >= 15 is 0 Å². The number of benzene rings is 1. The van der Waals surface area contributed by atoms with Gasteiger partial charge in [0.2, 0.25) is 0 Å². The van der Waals surface area contributed by atoms with E-state index < -0.39 is 18.3 Å². The minimum atomic E-state index is -0.603. The Labute approximate surface area is 156 Å². The lowest BCUT2D eigenvalue weighted by Gasteiger charge is -2.49. The molecule has 4 rings (SSSR count). The lowest BCUT2D eigenvalue weighted by atomic mass is 10.0. The summed E-state index contributed by atoms with van der Waals surface area (Å²) >= 11 is 0. The third-order valence-electron chi connectivity index (χ3n) is 4.79. The number of halogens is 1. The van der Waals surface area contributed by atoms with E-state index in [-0.39, 0.29) is 6.04 Å². The van der Waals surface area contributed by atoms with Gasteiger partial charge in [0, 0.05) is 24.5 Å². The molecule has 3 atom stereocenters. The molecule has 8 nitrogen and oxygen atoms in total. The summed E-state index contributed by atoms with van der Waals surface area (Å²) in [5.74, 6) is 0.661. The molecule has 0 saturated heterocycles. The van der Waals surface area contributed by atoms with Crippen molar-refractivity contribution in [2.45, 2.75) is 25.4 Å². The third kappa shape index (κ3) is 2.90. The lowest BCUT2D eigenvalue weighted by molar-refractivity contribution is 0.438. The van der Waals surface area contributed by atoms with Crippen molar-refractivity contribution in [3.05, 3.63) is 66.4 Å². The summed E-state index contributed by atoms with van der Waals surface area (Å²) in [6.07, 6.45) is 4.82. The second kappa shape index (κ2) is 6.60. The molecule has 140 valence electrons. The number of para-hydroxylation sites is 1. The molecule has 9 heteroatoms. The summed E-state index contributed by atoms with van der Waals surface area (Å²) in [4.78, 5) is 16.5. The smallest absolute Gasteiger partial charge is 0.159 e. The summed E-state index contributed by atoms with van der Waals surface area (Å²) in [5.41, 5.74) is 15.0. The van der Waals surface area contributed by atoms with E-state index in [4.69, 9.17) is 11.5 Å². The van der Waals surface area contributed by atoms with Gasteiger partial charge in [0.15, 0.2) is 23.7 Å². The van der Waals surface area contributed by atoms with Gasteiger partial charge in [-0.3, -0.25) is 5.73 Å². The predicted molar refractivity (Wildman–Crippen MR) is 99.9 cm³/mol. The van der Waals surface area contributed by atoms with Gasteiger partial charge in [-0.2, -0.15) is 0 Å². The zero-order valence-electron chi connectivity index (χ0n) is 15.1. The molecule has 1 aliphatic heterocycles. The normalized spacial score (nSPS) is 20.5. The van der Waals surface area contributed by atoms with E-state index in [1.165, 1.54) is 0 Å². The monoisotopic (exact) mass is 368 g/mol. The maximum atomic E-state index is 13.2. The number of fused-ring (bicyclic) bond motifs is 1. The molecular formula is C18H21FN8. The zero-order chi connectivity index (χ0) is 19.1. The molecule has 3 heterocycles. The first-order valence-electron chi connectivity index (χ1n) is 8.59. The van der Waals surface area contributed by atoms with Crippen LogP contribution in [0.5, 0.6) is 0 Å². The Morgan fingerprint density at radius 1 is 1.11 bits per heavy atom. The van der Waals surface area contributed by atoms with Gasteiger partial charge in [-0.15, -0.1) is 0 Å². The highest BCUT2D eigenvalue weighted by Gasteiger charge is 2.39. The molecule has 4 N–H and O–H groups in total. The Balaban J connectivity index is 1.81. The van der Waals surface area contributed by atoms with Crippen LogP contribution in [0.15, 0.2) is 49.2 Å². The van der Waals surface area contributed by atoms with E-state index in [1.807, 2.05) is 58.8 Å². The molecule has 0 fully saturated rings. The fourth-order valence-corrected chi connectivity index (χ4v) is 3.47. The minimum absolute atomic E-state index is 0.305. The molecule has 3 aromatic rings. The molecule has 0 saturated carbocycles. The van der Waals surface area contributed by atoms with Crippen molar-refractivity contribution in [2.75, 3.05) is 9.80 Å². The molecule has 3 unspecified atom stereocenters. The maximum Gasteiger partial charge on any atom is 0.159 e. The average molecular weight is 368 g/mol. The van der Waals surface area contributed by atoms with Gasteiger partial charge in [0.25, 0.3) is 0 Å². The van der Waals surface area contributed by atoms with Crippen LogP contribution in [0.1, 0.15) is 30.5 Å². The standard InChI is InChI=1S/C18H21FN8/c1-11(17-22-7-12(19)8-23-17)26-14-6-4-3-5-13(14)16(20)27(18(26)21)15-9-25(2)10-24-15/h3-11,16,18H,20-21H2,1-2H3. The highest BCUT2D eigenvalue weighted by molar-refractivity contribution is 5.63. The van der Waals surface area contributed by atoms with Crippen LogP contribution >= 0.6 is 0 Å². The number of nitrogens with two attached hydrogens (primary N) is 2. The number of nitrogens with zero attached hydrogens (tertiary/aromatic N) is 6. The van der Waals surface area contributed by atoms with Crippen molar-refractivity contribution in [2.24, 2.45) is 18.5 Å². The largest absolute Gasteiger partial charge is 0.338 e. The van der Waals surface area contributed by atoms with E-state index in [0.717, 1.165) is 23.6 Å². The Bertz CT molecular complexity index is 941. The van der Waals surface area contributed by atoms with Crippen molar-refractivity contribution in [1.82, 2.24) is 19.5 Å². The fraction of sp³-hybridized carbons (Fsp3) is 0.278. The van der Waals surface area contributed by atoms with Crippen molar-refractivity contribution in [3.8, 4) is 0 Å². The molecule has 0 radical (unpaired) electrons. The van der Waals surface area contributed by atoms with Gasteiger partial charge >= 0.3 is 0 Å². The van der Waals surface area contributed by atoms with Crippen LogP contribution in [-0.2, 0) is 7.05 Å². The van der Waals surface area contributed by atoms with E-state index in [0.29, 0.717) is 11.6 Å². The van der Waals surface area contributed by atoms with E-state index in [1.54, 1.807) is 6.33 Å². The van der Waals surface area contributed by atoms with Gasteiger partial charge in [-0.25, -0.2) is 19.3 Å². The van der Waals surface area contributed by atoms with Gasteiger partial charge in [0.1, 0.15) is 6.17 Å². The van der Waals surface area contributed by atoms with Crippen LogP contribution < -0.4 is 21.3 Å². The van der Waals surface area contributed by atoms with Crippen LogP contribution in [0.2, 0.25) is 0 Å². The molecular weight excluding hydrogens is 347 g/mol. The van der Waals surface area contributed by atoms with Crippen molar-refractivity contribution >= 4 is 11.5 Å². The number of rotatable bonds is 3. The van der Waals surface area contributed by atoms with Crippen molar-refractivity contribution < 1.29 is 4.39 Å². The topological polar surface area (TPSA) is 102 Å². The molecule has 1 aliphatic rings. The molecule has 0 spiro atoms. The lowest BCUT2D eigenvalue weighted by Crippen LogP contribution is -2.61. The van der Waals surface area contributed by atoms with Crippen LogP contribution in [0.25, 0.3) is 0 Å². The van der Waals surface area contributed by atoms with Crippen molar-refractivity contribution in [3.63, 3.8) is 0 Å². The molecule has 0 amide bonds. The third-order valence-corrected chi connectivity index (χ3v) is 4.79. The average Bonchev–Trinajstić information content (AvgIpc) is 3.08. The number of hydrogen-bond acceptors (Lipinski definition) is 7. The highest BCUT2D eigenvalue weighted by Crippen LogP contribution is 2.40. The highest BCUT2D eigenvalue weighted by atomic mass is 19.1. The summed E-state index contributed by atoms with van der Waals surface area (Å²) in [7, 11) is 1.89. The second-order valence-corrected chi connectivity index (χ2v) is 6.56. The van der Waals surface area contributed by atoms with Crippen LogP contribution in [0.4, 0.5) is 15.9 Å². The Morgan fingerprint density at radius 3 is 2.48 bits per heavy atom. The quantitative estimate of drug-likeness (QED) is 0.724. The van der Waals surface area contributed by atoms with Gasteiger partial charge in [-0.05, 0) is 13.0 Å². The SMILES string of the molecule is CC(c1ncc(F)cn1)N1c2ccccc2C(N)N(c2cn(C)cn2)C1N. The van der Waals surface area contributed by atoms with E-state index in [9.17, 15) is 4.39 Å². The number of aromatic nitrogens is 4. The predicted octanol–water partition coefficient (Wildman–Crippen LogP) is 1.64. The molecule has 0 aliphatic carbocycles. The number of hydrogen-bond donors (Lipinski definition) is 2. The van der Waals surface area contributed by atoms with Gasteiger partial charge in [-0.1, -0.05) is 18.2 Å². The van der Waals surface area contributed by atoms with Gasteiger partial charge < -0.3 is 20.1 Å². The number of aryl methyl sites for hydroxylation is 1. The molecule has 0 bridgehead atoms. The molecule has 1 aromatic carbocycles. The van der Waals surface area contributed by atoms with Gasteiger partial charge in [0.05, 0.1) is 24.8 Å². The van der Waals surface area contributed by atoms with Crippen LogP contribution in [0.3, 0.4) is 0 Å². The first-order chi connectivity index (χ1) is 13.0. The minimum Gasteiger partial charge on any atom is -0.338 e.